The Labute approximate surface area is 214 Å². The smallest absolute Gasteiger partial charge is 0.333 e. The first-order valence-electron chi connectivity index (χ1n) is 11.3. The molecule has 0 unspecified atom stereocenters. The third-order valence-corrected chi connectivity index (χ3v) is 7.36. The summed E-state index contributed by atoms with van der Waals surface area (Å²) in [5.41, 5.74) is -1.90. The first kappa shape index (κ1) is 25.8. The van der Waals surface area contributed by atoms with Gasteiger partial charge in [-0.15, -0.1) is 4.80 Å². The van der Waals surface area contributed by atoms with Crippen LogP contribution in [0, 0.1) is 24.1 Å². The third-order valence-electron chi connectivity index (χ3n) is 6.08. The number of aromatic nitrogens is 5. The van der Waals surface area contributed by atoms with Gasteiger partial charge in [0.2, 0.25) is 5.91 Å². The van der Waals surface area contributed by atoms with Crippen LogP contribution in [0.1, 0.15) is 25.0 Å². The lowest BCUT2D eigenvalue weighted by Gasteiger charge is -2.26. The van der Waals surface area contributed by atoms with Crippen molar-refractivity contribution in [2.75, 3.05) is 13.7 Å². The van der Waals surface area contributed by atoms with E-state index in [2.05, 4.69) is 15.5 Å². The quantitative estimate of drug-likeness (QED) is 0.347. The Morgan fingerprint density at radius 1 is 1.27 bits per heavy atom. The Morgan fingerprint density at radius 2 is 1.97 bits per heavy atom. The highest BCUT2D eigenvalue weighted by Gasteiger charge is 2.35. The van der Waals surface area contributed by atoms with Gasteiger partial charge in [-0.1, -0.05) is 11.3 Å². The maximum atomic E-state index is 14.0. The van der Waals surface area contributed by atoms with Gasteiger partial charge in [-0.05, 0) is 51.0 Å². The van der Waals surface area contributed by atoms with Crippen LogP contribution in [-0.2, 0) is 23.3 Å². The molecule has 13 heteroatoms. The molecule has 11 nitrogen and oxygen atoms in total. The molecule has 3 heterocycles. The Balaban J connectivity index is 1.96. The molecule has 0 saturated heterocycles. The number of rotatable bonds is 8. The number of hydrogen-bond donors (Lipinski definition) is 1. The second-order valence-electron chi connectivity index (χ2n) is 8.71. The molecule has 0 atom stereocenters. The summed E-state index contributed by atoms with van der Waals surface area (Å²) in [6.07, 6.45) is 3.20. The number of fused-ring (bicyclic) bond motifs is 1. The van der Waals surface area contributed by atoms with Gasteiger partial charge in [-0.3, -0.25) is 14.2 Å². The van der Waals surface area contributed by atoms with Crippen LogP contribution in [0.3, 0.4) is 0 Å². The minimum Gasteiger partial charge on any atom is -0.496 e. The van der Waals surface area contributed by atoms with Crippen molar-refractivity contribution in [1.29, 1.82) is 5.26 Å². The molecule has 4 aromatic rings. The predicted octanol–water partition coefficient (Wildman–Crippen LogP) is 1.88. The number of carbonyl (C=O) groups is 1. The van der Waals surface area contributed by atoms with Crippen LogP contribution >= 0.6 is 11.3 Å². The number of benzene rings is 1. The summed E-state index contributed by atoms with van der Waals surface area (Å²) in [5.74, 6) is -0.653. The molecule has 0 fully saturated rings. The molecular weight excluding hydrogens is 501 g/mol. The second-order valence-corrected chi connectivity index (χ2v) is 9.69. The summed E-state index contributed by atoms with van der Waals surface area (Å²) in [6.45, 7) is 4.38. The molecular formula is C24H24FN7O4S. The molecule has 0 bridgehead atoms. The normalized spacial score (nSPS) is 11.5. The van der Waals surface area contributed by atoms with E-state index in [4.69, 9.17) is 10.00 Å². The number of nitriles is 1. The number of methoxy groups -OCH3 is 1. The van der Waals surface area contributed by atoms with E-state index in [9.17, 15) is 18.8 Å². The predicted molar refractivity (Wildman–Crippen MR) is 135 cm³/mol. The van der Waals surface area contributed by atoms with Crippen LogP contribution < -0.4 is 21.3 Å². The van der Waals surface area contributed by atoms with Crippen molar-refractivity contribution in [2.45, 2.75) is 39.3 Å². The Bertz CT molecular complexity index is 1640. The van der Waals surface area contributed by atoms with Gasteiger partial charge in [0.25, 0.3) is 5.56 Å². The number of aryl methyl sites for hydroxylation is 3. The molecule has 0 saturated carbocycles. The number of nitrogens with zero attached hydrogens (tertiary/aromatic N) is 6. The number of carbonyl (C=O) groups excluding carboxylic acids is 1. The maximum absolute atomic E-state index is 14.0. The summed E-state index contributed by atoms with van der Waals surface area (Å²) < 4.78 is 21.6. The number of amides is 1. The Kier molecular flexibility index (Phi) is 6.95. The maximum Gasteiger partial charge on any atom is 0.333 e. The summed E-state index contributed by atoms with van der Waals surface area (Å²) >= 11 is 1.17. The molecule has 1 amide bonds. The zero-order valence-corrected chi connectivity index (χ0v) is 21.4. The summed E-state index contributed by atoms with van der Waals surface area (Å²) in [5, 5.41) is 20.4. The van der Waals surface area contributed by atoms with Crippen LogP contribution in [0.5, 0.6) is 5.75 Å². The molecule has 192 valence electrons. The highest BCUT2D eigenvalue weighted by molar-refractivity contribution is 7.21. The van der Waals surface area contributed by atoms with Gasteiger partial charge in [0.05, 0.1) is 31.0 Å². The zero-order chi connectivity index (χ0) is 26.9. The summed E-state index contributed by atoms with van der Waals surface area (Å²) in [7, 11) is 1.47. The van der Waals surface area contributed by atoms with E-state index in [1.54, 1.807) is 6.92 Å². The Morgan fingerprint density at radius 3 is 2.62 bits per heavy atom. The molecule has 0 aliphatic rings. The van der Waals surface area contributed by atoms with E-state index in [-0.39, 0.29) is 24.9 Å². The summed E-state index contributed by atoms with van der Waals surface area (Å²) in [4.78, 5) is 42.2. The van der Waals surface area contributed by atoms with Crippen molar-refractivity contribution in [3.05, 3.63) is 68.4 Å². The fourth-order valence-electron chi connectivity index (χ4n) is 4.15. The van der Waals surface area contributed by atoms with Crippen LogP contribution in [0.4, 0.5) is 4.39 Å². The van der Waals surface area contributed by atoms with Crippen molar-refractivity contribution in [2.24, 2.45) is 0 Å². The Hall–Kier alpha value is -4.31. The molecule has 0 aliphatic carbocycles. The van der Waals surface area contributed by atoms with E-state index in [1.165, 1.54) is 72.3 Å². The number of ether oxygens (including phenoxy) is 1. The molecule has 0 spiro atoms. The van der Waals surface area contributed by atoms with Gasteiger partial charge in [0, 0.05) is 12.1 Å². The monoisotopic (exact) mass is 525 g/mol. The first-order valence-corrected chi connectivity index (χ1v) is 12.1. The highest BCUT2D eigenvalue weighted by Crippen LogP contribution is 2.31. The fourth-order valence-corrected chi connectivity index (χ4v) is 5.38. The largest absolute Gasteiger partial charge is 0.496 e. The van der Waals surface area contributed by atoms with E-state index >= 15 is 0 Å². The average molecular weight is 526 g/mol. The molecule has 0 radical (unpaired) electrons. The third kappa shape index (κ3) is 4.51. The number of nitrogens with one attached hydrogen (secondary N) is 1. The summed E-state index contributed by atoms with van der Waals surface area (Å²) in [6, 6.07) is 5.93. The minimum absolute atomic E-state index is 0.0667. The van der Waals surface area contributed by atoms with E-state index in [1.807, 2.05) is 6.07 Å². The van der Waals surface area contributed by atoms with Crippen LogP contribution in [0.15, 0.2) is 40.2 Å². The van der Waals surface area contributed by atoms with Gasteiger partial charge in [0.1, 0.15) is 33.5 Å². The SMILES string of the molecule is COc1ccc(F)cc1CCn1c(=O)n(C(C)(C)C(=O)NCC#N)c(=O)c2c(C)c(-n3nccn3)sc21. The lowest BCUT2D eigenvalue weighted by atomic mass is 10.0. The standard InChI is InChI=1S/C24H24FN7O4S/c1-14-18-19(33)31(24(2,3)22(34)27-9-8-26)23(35)30(21(18)37-20(14)32-28-10-11-29-32)12-7-15-13-16(25)5-6-17(15)36-4/h5-6,10-11,13H,7,9,12H2,1-4H3,(H,27,34). The molecule has 1 aromatic carbocycles. The number of halogens is 1. The zero-order valence-electron chi connectivity index (χ0n) is 20.6. The lowest BCUT2D eigenvalue weighted by molar-refractivity contribution is -0.128. The van der Waals surface area contributed by atoms with Gasteiger partial charge in [-0.2, -0.15) is 15.5 Å². The number of hydrogen-bond acceptors (Lipinski definition) is 8. The van der Waals surface area contributed by atoms with Gasteiger partial charge in [-0.25, -0.2) is 13.8 Å². The van der Waals surface area contributed by atoms with Crippen molar-refractivity contribution in [3.8, 4) is 16.8 Å². The van der Waals surface area contributed by atoms with Gasteiger partial charge >= 0.3 is 5.69 Å². The topological polar surface area (TPSA) is 137 Å². The molecule has 3 aromatic heterocycles. The molecule has 0 aliphatic heterocycles. The first-order chi connectivity index (χ1) is 17.6. The fraction of sp³-hybridized carbons (Fsp3) is 0.333. The highest BCUT2D eigenvalue weighted by atomic mass is 32.1. The minimum atomic E-state index is -1.62. The van der Waals surface area contributed by atoms with Crippen molar-refractivity contribution >= 4 is 27.5 Å². The molecule has 4 rings (SSSR count). The average Bonchev–Trinajstić information content (AvgIpc) is 3.50. The molecule has 37 heavy (non-hydrogen) atoms. The lowest BCUT2D eigenvalue weighted by Crippen LogP contribution is -2.55. The van der Waals surface area contributed by atoms with E-state index < -0.39 is 28.5 Å². The van der Waals surface area contributed by atoms with Gasteiger partial charge < -0.3 is 10.1 Å². The van der Waals surface area contributed by atoms with Gasteiger partial charge in [0.15, 0.2) is 0 Å². The van der Waals surface area contributed by atoms with E-state index in [0.29, 0.717) is 26.7 Å². The van der Waals surface area contributed by atoms with Crippen LogP contribution in [0.2, 0.25) is 0 Å². The van der Waals surface area contributed by atoms with Crippen LogP contribution in [-0.4, -0.2) is 43.7 Å². The molecule has 1 N–H and O–H groups in total. The van der Waals surface area contributed by atoms with Crippen molar-refractivity contribution in [3.63, 3.8) is 0 Å². The van der Waals surface area contributed by atoms with Crippen molar-refractivity contribution in [1.82, 2.24) is 29.4 Å². The second kappa shape index (κ2) is 9.98. The van der Waals surface area contributed by atoms with Crippen LogP contribution in [0.25, 0.3) is 15.2 Å². The number of thiophene rings is 1. The van der Waals surface area contributed by atoms with Crippen molar-refractivity contribution < 1.29 is 13.9 Å². The van der Waals surface area contributed by atoms with E-state index in [0.717, 1.165) is 4.57 Å².